The van der Waals surface area contributed by atoms with E-state index >= 15 is 0 Å². The molecule has 8 heteroatoms. The van der Waals surface area contributed by atoms with Crippen LogP contribution in [0.15, 0.2) is 77.4 Å². The van der Waals surface area contributed by atoms with Crippen LogP contribution in [0.4, 0.5) is 0 Å². The molecule has 4 rings (SSSR count). The number of pyridine rings is 1. The lowest BCUT2D eigenvalue weighted by Gasteiger charge is -2.14. The molecule has 2 N–H and O–H groups in total. The lowest BCUT2D eigenvalue weighted by atomic mass is 10.1. The van der Waals surface area contributed by atoms with E-state index < -0.39 is 10.0 Å². The molecule has 0 spiro atoms. The molecule has 0 fully saturated rings. The second kappa shape index (κ2) is 9.56. The molecule has 2 aromatic carbocycles. The second-order valence-electron chi connectivity index (χ2n) is 8.03. The summed E-state index contributed by atoms with van der Waals surface area (Å²) in [5.41, 5.74) is 3.10. The Labute approximate surface area is 192 Å². The Balaban J connectivity index is 1.59. The highest BCUT2D eigenvalue weighted by Gasteiger charge is 2.18. The van der Waals surface area contributed by atoms with E-state index in [-0.39, 0.29) is 24.2 Å². The third kappa shape index (κ3) is 5.47. The Kier molecular flexibility index (Phi) is 6.57. The van der Waals surface area contributed by atoms with Crippen LogP contribution in [0.5, 0.6) is 0 Å². The highest BCUT2D eigenvalue weighted by atomic mass is 32.2. The lowest BCUT2D eigenvalue weighted by Crippen LogP contribution is -2.32. The van der Waals surface area contributed by atoms with Gasteiger partial charge in [-0.2, -0.15) is 0 Å². The summed E-state index contributed by atoms with van der Waals surface area (Å²) in [6, 6.07) is 19.7. The van der Waals surface area contributed by atoms with Crippen molar-refractivity contribution >= 4 is 26.8 Å². The van der Waals surface area contributed by atoms with Crippen molar-refractivity contribution in [3.63, 3.8) is 0 Å². The minimum atomic E-state index is -3.49. The maximum Gasteiger partial charge on any atom is 0.252 e. The molecular formula is C25H25N3O4S. The zero-order chi connectivity index (χ0) is 23.4. The highest BCUT2D eigenvalue weighted by Crippen LogP contribution is 2.25. The number of nitrogens with zero attached hydrogens (tertiary/aromatic N) is 1. The first kappa shape index (κ1) is 22.7. The van der Waals surface area contributed by atoms with Crippen molar-refractivity contribution in [3.8, 4) is 11.5 Å². The van der Waals surface area contributed by atoms with Gasteiger partial charge in [-0.3, -0.25) is 4.79 Å². The molecule has 0 aliphatic rings. The average Bonchev–Trinajstić information content (AvgIpc) is 3.31. The predicted octanol–water partition coefficient (Wildman–Crippen LogP) is 4.25. The van der Waals surface area contributed by atoms with Gasteiger partial charge in [-0.05, 0) is 49.2 Å². The van der Waals surface area contributed by atoms with Gasteiger partial charge in [-0.15, -0.1) is 0 Å². The van der Waals surface area contributed by atoms with Crippen LogP contribution in [-0.2, 0) is 22.3 Å². The summed E-state index contributed by atoms with van der Waals surface area (Å²) < 4.78 is 32.9. The maximum atomic E-state index is 13.2. The van der Waals surface area contributed by atoms with Crippen LogP contribution in [0.1, 0.15) is 35.3 Å². The fraction of sp³-hybridized carbons (Fsp3) is 0.200. The fourth-order valence-electron chi connectivity index (χ4n) is 3.66. The number of carbonyl (C=O) groups excluding carboxylic acids is 1. The number of furan rings is 1. The molecule has 0 radical (unpaired) electrons. The largest absolute Gasteiger partial charge is 0.463 e. The minimum absolute atomic E-state index is 0.155. The van der Waals surface area contributed by atoms with E-state index in [1.807, 2.05) is 36.4 Å². The average molecular weight is 464 g/mol. The molecule has 0 aliphatic heterocycles. The summed E-state index contributed by atoms with van der Waals surface area (Å²) in [5, 5.41) is 3.66. The van der Waals surface area contributed by atoms with E-state index in [0.29, 0.717) is 28.1 Å². The third-order valence-electron chi connectivity index (χ3n) is 5.05. The minimum Gasteiger partial charge on any atom is -0.463 e. The first-order valence-corrected chi connectivity index (χ1v) is 12.3. The Morgan fingerprint density at radius 2 is 1.73 bits per heavy atom. The Bertz CT molecular complexity index is 1380. The summed E-state index contributed by atoms with van der Waals surface area (Å²) in [6.07, 6.45) is 1.56. The molecule has 0 bridgehead atoms. The molecule has 0 atom stereocenters. The van der Waals surface area contributed by atoms with Gasteiger partial charge in [0.15, 0.2) is 5.76 Å². The quantitative estimate of drug-likeness (QED) is 0.407. The number of para-hydroxylation sites is 1. The standard InChI is InChI=1S/C25H25N3O4S/c1-17(2)28-33(30,31)16-19-9-4-3-8-18(19)15-26-25(29)21-14-23(24-12-7-13-32-24)27-22-11-6-5-10-20(21)22/h3-14,17,28H,15-16H2,1-2H3,(H,26,29). The summed E-state index contributed by atoms with van der Waals surface area (Å²) in [6.45, 7) is 3.75. The van der Waals surface area contributed by atoms with E-state index in [1.165, 1.54) is 0 Å². The van der Waals surface area contributed by atoms with E-state index in [4.69, 9.17) is 4.42 Å². The number of nitrogens with one attached hydrogen (secondary N) is 2. The van der Waals surface area contributed by atoms with Gasteiger partial charge in [0, 0.05) is 18.0 Å². The number of amides is 1. The summed E-state index contributed by atoms with van der Waals surface area (Å²) in [7, 11) is -3.49. The van der Waals surface area contributed by atoms with Gasteiger partial charge in [0.25, 0.3) is 5.91 Å². The SMILES string of the molecule is CC(C)NS(=O)(=O)Cc1ccccc1CNC(=O)c1cc(-c2ccco2)nc2ccccc12. The fourth-order valence-corrected chi connectivity index (χ4v) is 5.15. The van der Waals surface area contributed by atoms with E-state index in [9.17, 15) is 13.2 Å². The van der Waals surface area contributed by atoms with Crippen molar-refractivity contribution in [2.75, 3.05) is 0 Å². The van der Waals surface area contributed by atoms with Crippen LogP contribution in [0.2, 0.25) is 0 Å². The van der Waals surface area contributed by atoms with Gasteiger partial charge in [-0.1, -0.05) is 42.5 Å². The van der Waals surface area contributed by atoms with Crippen LogP contribution in [0.25, 0.3) is 22.4 Å². The van der Waals surface area contributed by atoms with Crippen LogP contribution in [0, 0.1) is 0 Å². The van der Waals surface area contributed by atoms with Gasteiger partial charge in [0.1, 0.15) is 5.69 Å². The van der Waals surface area contributed by atoms with E-state index in [2.05, 4.69) is 15.0 Å². The molecule has 33 heavy (non-hydrogen) atoms. The number of benzene rings is 2. The van der Waals surface area contributed by atoms with Crippen LogP contribution >= 0.6 is 0 Å². The van der Waals surface area contributed by atoms with Gasteiger partial charge < -0.3 is 9.73 Å². The zero-order valence-electron chi connectivity index (χ0n) is 18.4. The molecule has 0 aliphatic carbocycles. The van der Waals surface area contributed by atoms with Gasteiger partial charge in [-0.25, -0.2) is 18.1 Å². The molecule has 4 aromatic rings. The molecule has 0 unspecified atom stereocenters. The van der Waals surface area contributed by atoms with Crippen molar-refractivity contribution in [1.82, 2.24) is 15.0 Å². The zero-order valence-corrected chi connectivity index (χ0v) is 19.2. The van der Waals surface area contributed by atoms with Gasteiger partial charge in [0.2, 0.25) is 10.0 Å². The number of hydrogen-bond acceptors (Lipinski definition) is 5. The normalized spacial score (nSPS) is 11.7. The highest BCUT2D eigenvalue weighted by molar-refractivity contribution is 7.88. The molecule has 0 saturated heterocycles. The summed E-state index contributed by atoms with van der Waals surface area (Å²) >= 11 is 0. The summed E-state index contributed by atoms with van der Waals surface area (Å²) in [5.74, 6) is 0.139. The van der Waals surface area contributed by atoms with Crippen molar-refractivity contribution < 1.29 is 17.6 Å². The molecule has 1 amide bonds. The number of hydrogen-bond donors (Lipinski definition) is 2. The van der Waals surface area contributed by atoms with Crippen molar-refractivity contribution in [2.24, 2.45) is 0 Å². The second-order valence-corrected chi connectivity index (χ2v) is 9.79. The topological polar surface area (TPSA) is 101 Å². The van der Waals surface area contributed by atoms with E-state index in [1.54, 1.807) is 50.4 Å². The Morgan fingerprint density at radius 3 is 2.45 bits per heavy atom. The van der Waals surface area contributed by atoms with Crippen LogP contribution < -0.4 is 10.0 Å². The number of rotatable bonds is 8. The number of aromatic nitrogens is 1. The van der Waals surface area contributed by atoms with Crippen LogP contribution in [0.3, 0.4) is 0 Å². The van der Waals surface area contributed by atoms with Crippen molar-refractivity contribution in [3.05, 3.63) is 89.7 Å². The Morgan fingerprint density at radius 1 is 1.00 bits per heavy atom. The molecular weight excluding hydrogens is 438 g/mol. The van der Waals surface area contributed by atoms with E-state index in [0.717, 1.165) is 10.9 Å². The van der Waals surface area contributed by atoms with Gasteiger partial charge in [0.05, 0.1) is 23.1 Å². The first-order chi connectivity index (χ1) is 15.8. The lowest BCUT2D eigenvalue weighted by molar-refractivity contribution is 0.0952. The first-order valence-electron chi connectivity index (χ1n) is 10.6. The number of carbonyl (C=O) groups is 1. The van der Waals surface area contributed by atoms with Gasteiger partial charge >= 0.3 is 0 Å². The number of fused-ring (bicyclic) bond motifs is 1. The molecule has 2 aromatic heterocycles. The van der Waals surface area contributed by atoms with Crippen LogP contribution in [-0.4, -0.2) is 25.4 Å². The molecule has 2 heterocycles. The monoisotopic (exact) mass is 463 g/mol. The Hall–Kier alpha value is -3.49. The molecule has 0 saturated carbocycles. The molecule has 170 valence electrons. The molecule has 7 nitrogen and oxygen atoms in total. The summed E-state index contributed by atoms with van der Waals surface area (Å²) in [4.78, 5) is 17.8. The maximum absolute atomic E-state index is 13.2. The van der Waals surface area contributed by atoms with Crippen molar-refractivity contribution in [2.45, 2.75) is 32.2 Å². The number of sulfonamides is 1. The third-order valence-corrected chi connectivity index (χ3v) is 6.57. The van der Waals surface area contributed by atoms with Crippen molar-refractivity contribution in [1.29, 1.82) is 0 Å². The smallest absolute Gasteiger partial charge is 0.252 e. The predicted molar refractivity (Wildman–Crippen MR) is 128 cm³/mol.